The first-order valence-electron chi connectivity index (χ1n) is 7.47. The van der Waals surface area contributed by atoms with Crippen LogP contribution in [0.4, 0.5) is 0 Å². The summed E-state index contributed by atoms with van der Waals surface area (Å²) in [6.07, 6.45) is 3.35. The zero-order valence-corrected chi connectivity index (χ0v) is 12.5. The predicted molar refractivity (Wildman–Crippen MR) is 80.6 cm³/mol. The highest BCUT2D eigenvalue weighted by molar-refractivity contribution is 5.88. The van der Waals surface area contributed by atoms with Crippen molar-refractivity contribution in [3.8, 4) is 5.75 Å². The molecule has 0 aliphatic carbocycles. The minimum absolute atomic E-state index is 0.157. The van der Waals surface area contributed by atoms with Crippen molar-refractivity contribution < 1.29 is 9.53 Å². The van der Waals surface area contributed by atoms with Gasteiger partial charge >= 0.3 is 0 Å². The van der Waals surface area contributed by atoms with Crippen molar-refractivity contribution in [3.05, 3.63) is 47.8 Å². The third kappa shape index (κ3) is 2.71. The summed E-state index contributed by atoms with van der Waals surface area (Å²) in [6.45, 7) is 4.70. The Labute approximate surface area is 124 Å². The van der Waals surface area contributed by atoms with Gasteiger partial charge in [0.05, 0.1) is 18.0 Å². The molecule has 0 amide bonds. The maximum absolute atomic E-state index is 12.5. The van der Waals surface area contributed by atoms with Gasteiger partial charge < -0.3 is 4.74 Å². The van der Waals surface area contributed by atoms with Crippen molar-refractivity contribution in [1.82, 2.24) is 9.78 Å². The number of rotatable bonds is 5. The highest BCUT2D eigenvalue weighted by Crippen LogP contribution is 2.34. The minimum atomic E-state index is -0.157. The van der Waals surface area contributed by atoms with Crippen molar-refractivity contribution in [2.45, 2.75) is 38.6 Å². The number of Topliss-reactive ketones (excluding diaryl/α,β-unsaturated/α-hetero) is 1. The van der Waals surface area contributed by atoms with E-state index in [4.69, 9.17) is 4.74 Å². The van der Waals surface area contributed by atoms with E-state index in [0.717, 1.165) is 23.4 Å². The summed E-state index contributed by atoms with van der Waals surface area (Å²) in [6, 6.07) is 10.1. The molecule has 4 heteroatoms. The molecule has 1 aromatic carbocycles. The van der Waals surface area contributed by atoms with E-state index in [9.17, 15) is 4.79 Å². The summed E-state index contributed by atoms with van der Waals surface area (Å²) in [4.78, 5) is 12.5. The Morgan fingerprint density at radius 3 is 3.05 bits per heavy atom. The highest BCUT2D eigenvalue weighted by Gasteiger charge is 2.30. The molecule has 2 atom stereocenters. The van der Waals surface area contributed by atoms with E-state index in [0.29, 0.717) is 19.1 Å². The van der Waals surface area contributed by atoms with Crippen LogP contribution < -0.4 is 4.74 Å². The van der Waals surface area contributed by atoms with Crippen molar-refractivity contribution in [2.75, 3.05) is 6.61 Å². The summed E-state index contributed by atoms with van der Waals surface area (Å²) in [5, 5.41) is 4.50. The molecule has 0 saturated heterocycles. The lowest BCUT2D eigenvalue weighted by atomic mass is 9.94. The number of carbonyl (C=O) groups is 1. The lowest BCUT2D eigenvalue weighted by Gasteiger charge is -2.09. The maximum atomic E-state index is 12.5. The number of hydrogen-bond donors (Lipinski definition) is 0. The third-order valence-corrected chi connectivity index (χ3v) is 4.15. The standard InChI is InChI=1S/C17H20N2O2/c1-3-12(2)19-9-8-13(18-19)10-16(20)15-11-21-17-7-5-4-6-14(15)17/h4-9,12,15H,3,10-11H2,1-2H3. The van der Waals surface area contributed by atoms with Gasteiger partial charge in [0.2, 0.25) is 0 Å². The second-order valence-corrected chi connectivity index (χ2v) is 5.59. The van der Waals surface area contributed by atoms with Gasteiger partial charge in [0.15, 0.2) is 0 Å². The fraction of sp³-hybridized carbons (Fsp3) is 0.412. The van der Waals surface area contributed by atoms with Crippen molar-refractivity contribution in [2.24, 2.45) is 0 Å². The number of fused-ring (bicyclic) bond motifs is 1. The van der Waals surface area contributed by atoms with Gasteiger partial charge in [-0.25, -0.2) is 0 Å². The summed E-state index contributed by atoms with van der Waals surface area (Å²) in [7, 11) is 0. The van der Waals surface area contributed by atoms with Gasteiger partial charge in [0.1, 0.15) is 18.1 Å². The van der Waals surface area contributed by atoms with E-state index in [1.807, 2.05) is 41.2 Å². The monoisotopic (exact) mass is 284 g/mol. The van der Waals surface area contributed by atoms with Crippen LogP contribution in [0.3, 0.4) is 0 Å². The van der Waals surface area contributed by atoms with Crippen LogP contribution >= 0.6 is 0 Å². The first kappa shape index (κ1) is 13.9. The van der Waals surface area contributed by atoms with Crippen LogP contribution in [-0.2, 0) is 11.2 Å². The van der Waals surface area contributed by atoms with Gasteiger partial charge in [-0.2, -0.15) is 5.10 Å². The van der Waals surface area contributed by atoms with Crippen LogP contribution in [0.25, 0.3) is 0 Å². The van der Waals surface area contributed by atoms with Gasteiger partial charge in [0, 0.05) is 17.8 Å². The number of hydrogen-bond acceptors (Lipinski definition) is 3. The Bertz CT molecular complexity index is 648. The van der Waals surface area contributed by atoms with Crippen LogP contribution in [0.1, 0.15) is 43.5 Å². The first-order chi connectivity index (χ1) is 10.2. The van der Waals surface area contributed by atoms with Crippen molar-refractivity contribution in [3.63, 3.8) is 0 Å². The molecule has 110 valence electrons. The number of nitrogens with zero attached hydrogens (tertiary/aromatic N) is 2. The molecule has 0 fully saturated rings. The molecule has 0 bridgehead atoms. The zero-order valence-electron chi connectivity index (χ0n) is 12.5. The molecule has 4 nitrogen and oxygen atoms in total. The topological polar surface area (TPSA) is 44.1 Å². The van der Waals surface area contributed by atoms with Crippen LogP contribution in [0.5, 0.6) is 5.75 Å². The Hall–Kier alpha value is -2.10. The van der Waals surface area contributed by atoms with E-state index in [1.165, 1.54) is 0 Å². The maximum Gasteiger partial charge on any atom is 0.149 e. The summed E-state index contributed by atoms with van der Waals surface area (Å²) < 4.78 is 7.52. The number of carbonyl (C=O) groups excluding carboxylic acids is 1. The smallest absolute Gasteiger partial charge is 0.149 e. The average molecular weight is 284 g/mol. The largest absolute Gasteiger partial charge is 0.492 e. The van der Waals surface area contributed by atoms with E-state index in [-0.39, 0.29) is 11.7 Å². The van der Waals surface area contributed by atoms with E-state index >= 15 is 0 Å². The molecule has 1 aliphatic heterocycles. The molecule has 0 spiro atoms. The summed E-state index contributed by atoms with van der Waals surface area (Å²) >= 11 is 0. The molecule has 0 radical (unpaired) electrons. The summed E-state index contributed by atoms with van der Waals surface area (Å²) in [5.41, 5.74) is 1.84. The quantitative estimate of drug-likeness (QED) is 0.847. The van der Waals surface area contributed by atoms with Crippen molar-refractivity contribution in [1.29, 1.82) is 0 Å². The Balaban J connectivity index is 1.71. The molecule has 2 unspecified atom stereocenters. The Kier molecular flexibility index (Phi) is 3.78. The van der Waals surface area contributed by atoms with E-state index in [1.54, 1.807) is 0 Å². The number of ether oxygens (including phenoxy) is 1. The number of para-hydroxylation sites is 1. The molecule has 0 saturated carbocycles. The SMILES string of the molecule is CCC(C)n1ccc(CC(=O)C2COc3ccccc32)n1. The molecule has 1 aromatic heterocycles. The van der Waals surface area contributed by atoms with Crippen molar-refractivity contribution >= 4 is 5.78 Å². The molecule has 3 rings (SSSR count). The van der Waals surface area contributed by atoms with E-state index < -0.39 is 0 Å². The molecule has 0 N–H and O–H groups in total. The Morgan fingerprint density at radius 1 is 1.43 bits per heavy atom. The van der Waals surface area contributed by atoms with Gasteiger partial charge in [-0.3, -0.25) is 9.48 Å². The van der Waals surface area contributed by atoms with Gasteiger partial charge in [-0.05, 0) is 25.5 Å². The van der Waals surface area contributed by atoms with E-state index in [2.05, 4.69) is 18.9 Å². The minimum Gasteiger partial charge on any atom is -0.492 e. The number of aromatic nitrogens is 2. The van der Waals surface area contributed by atoms with Gasteiger partial charge in [0.25, 0.3) is 0 Å². The number of benzene rings is 1. The zero-order chi connectivity index (χ0) is 14.8. The lowest BCUT2D eigenvalue weighted by molar-refractivity contribution is -0.120. The Morgan fingerprint density at radius 2 is 2.24 bits per heavy atom. The molecular formula is C17H20N2O2. The van der Waals surface area contributed by atoms with Crippen LogP contribution in [0.2, 0.25) is 0 Å². The average Bonchev–Trinajstić information content (AvgIpc) is 3.12. The highest BCUT2D eigenvalue weighted by atomic mass is 16.5. The summed E-state index contributed by atoms with van der Waals surface area (Å²) in [5.74, 6) is 0.852. The molecule has 2 aromatic rings. The second-order valence-electron chi connectivity index (χ2n) is 5.59. The fourth-order valence-electron chi connectivity index (χ4n) is 2.64. The predicted octanol–water partition coefficient (Wildman–Crippen LogP) is 3.14. The molecule has 21 heavy (non-hydrogen) atoms. The number of ketones is 1. The van der Waals surface area contributed by atoms with Crippen LogP contribution in [0.15, 0.2) is 36.5 Å². The fourth-order valence-corrected chi connectivity index (χ4v) is 2.64. The first-order valence-corrected chi connectivity index (χ1v) is 7.47. The molecule has 2 heterocycles. The van der Waals surface area contributed by atoms with Crippen LogP contribution in [-0.4, -0.2) is 22.2 Å². The van der Waals surface area contributed by atoms with Crippen LogP contribution in [0, 0.1) is 0 Å². The van der Waals surface area contributed by atoms with Gasteiger partial charge in [-0.1, -0.05) is 25.1 Å². The normalized spacial score (nSPS) is 18.1. The second kappa shape index (κ2) is 5.72. The molecule has 1 aliphatic rings. The van der Waals surface area contributed by atoms with Gasteiger partial charge in [-0.15, -0.1) is 0 Å². The lowest BCUT2D eigenvalue weighted by Crippen LogP contribution is -2.17. The molecular weight excluding hydrogens is 264 g/mol. The third-order valence-electron chi connectivity index (χ3n) is 4.15.